The highest BCUT2D eigenvalue weighted by molar-refractivity contribution is 6.00. The normalized spacial score (nSPS) is 11.8. The zero-order valence-electron chi connectivity index (χ0n) is 31.0. The van der Waals surface area contributed by atoms with Crippen molar-refractivity contribution in [1.82, 2.24) is 19.5 Å². The van der Waals surface area contributed by atoms with E-state index in [-0.39, 0.29) is 12.3 Å². The summed E-state index contributed by atoms with van der Waals surface area (Å²) in [5, 5.41) is 16.4. The van der Waals surface area contributed by atoms with E-state index in [1.54, 1.807) is 39.2 Å². The van der Waals surface area contributed by atoms with E-state index >= 15 is 4.39 Å². The average molecular weight is 687 g/mol. The first-order chi connectivity index (χ1) is 23.8. The second-order valence-electron chi connectivity index (χ2n) is 12.8. The maximum atomic E-state index is 15.4. The van der Waals surface area contributed by atoms with Gasteiger partial charge in [0.2, 0.25) is 5.88 Å². The van der Waals surface area contributed by atoms with Crippen LogP contribution in [0, 0.1) is 26.6 Å². The van der Waals surface area contributed by atoms with Crippen molar-refractivity contribution in [1.29, 1.82) is 0 Å². The van der Waals surface area contributed by atoms with Crippen molar-refractivity contribution >= 4 is 17.5 Å². The van der Waals surface area contributed by atoms with Crippen LogP contribution in [0.2, 0.25) is 0 Å². The number of hydrogen-bond donors (Lipinski definition) is 2. The molecular weight excluding hydrogens is 635 g/mol. The smallest absolute Gasteiger partial charge is 0.290 e. The number of carbonyl (C=O) groups is 1. The third kappa shape index (κ3) is 9.65. The Morgan fingerprint density at radius 2 is 1.72 bits per heavy atom. The highest BCUT2D eigenvalue weighted by atomic mass is 19.1. The fraction of sp³-hybridized carbons (Fsp3) is 0.400. The molecular formula is C40H51FN4O5. The largest absolute Gasteiger partial charge is 0.490 e. The average Bonchev–Trinajstić information content (AvgIpc) is 3.41. The van der Waals surface area contributed by atoms with Crippen LogP contribution in [0.1, 0.15) is 81.6 Å². The molecule has 10 heteroatoms. The van der Waals surface area contributed by atoms with Crippen LogP contribution >= 0.6 is 0 Å². The molecule has 9 nitrogen and oxygen atoms in total. The van der Waals surface area contributed by atoms with Crippen molar-refractivity contribution in [2.75, 3.05) is 6.61 Å². The Labute approximate surface area is 295 Å². The van der Waals surface area contributed by atoms with Crippen molar-refractivity contribution in [3.63, 3.8) is 0 Å². The lowest BCUT2D eigenvalue weighted by Gasteiger charge is -2.23. The number of fused-ring (bicyclic) bond motifs is 2. The van der Waals surface area contributed by atoms with Gasteiger partial charge >= 0.3 is 0 Å². The molecule has 0 saturated heterocycles. The SMILES string of the molecule is CC.CC(C)(C)O.CCc1c(C)nc2c(cc(-c3ccnc(OCc4ccnc(C)c4)c3)n2C)c1-c1cc(F)c2c(c1C)CCCO2.O=CO. The van der Waals surface area contributed by atoms with Crippen molar-refractivity contribution < 1.29 is 28.9 Å². The van der Waals surface area contributed by atoms with Crippen LogP contribution in [0.5, 0.6) is 11.6 Å². The molecule has 0 aliphatic carbocycles. The maximum Gasteiger partial charge on any atom is 0.290 e. The number of halogens is 1. The molecule has 268 valence electrons. The molecule has 4 aromatic heterocycles. The van der Waals surface area contributed by atoms with E-state index in [9.17, 15) is 0 Å². The Balaban J connectivity index is 0.000000605. The summed E-state index contributed by atoms with van der Waals surface area (Å²) in [6, 6.07) is 11.7. The molecule has 6 rings (SSSR count). The molecule has 0 atom stereocenters. The van der Waals surface area contributed by atoms with Gasteiger partial charge in [-0.1, -0.05) is 20.8 Å². The van der Waals surface area contributed by atoms with E-state index in [0.717, 1.165) is 86.3 Å². The molecule has 50 heavy (non-hydrogen) atoms. The van der Waals surface area contributed by atoms with Crippen LogP contribution < -0.4 is 9.47 Å². The number of aliphatic hydroxyl groups is 1. The van der Waals surface area contributed by atoms with Gasteiger partial charge in [0.05, 0.1) is 17.9 Å². The number of carboxylic acid groups (broad SMARTS) is 1. The minimum absolute atomic E-state index is 0.250. The Morgan fingerprint density at radius 3 is 2.36 bits per heavy atom. The first kappa shape index (κ1) is 39.6. The molecule has 5 aromatic rings. The molecule has 0 unspecified atom stereocenters. The van der Waals surface area contributed by atoms with Gasteiger partial charge < -0.3 is 24.3 Å². The van der Waals surface area contributed by atoms with Crippen LogP contribution in [0.4, 0.5) is 4.39 Å². The number of ether oxygens (including phenoxy) is 2. The number of rotatable bonds is 6. The first-order valence-corrected chi connectivity index (χ1v) is 17.0. The fourth-order valence-electron chi connectivity index (χ4n) is 5.92. The number of pyridine rings is 3. The Kier molecular flexibility index (Phi) is 14.0. The lowest BCUT2D eigenvalue weighted by atomic mass is 9.87. The zero-order chi connectivity index (χ0) is 37.2. The highest BCUT2D eigenvalue weighted by Crippen LogP contribution is 2.43. The van der Waals surface area contributed by atoms with Gasteiger partial charge in [0.15, 0.2) is 11.6 Å². The van der Waals surface area contributed by atoms with E-state index in [0.29, 0.717) is 24.8 Å². The molecule has 0 radical (unpaired) electrons. The van der Waals surface area contributed by atoms with Gasteiger partial charge in [0.1, 0.15) is 12.3 Å². The molecule has 0 saturated carbocycles. The molecule has 0 fully saturated rings. The third-order valence-corrected chi connectivity index (χ3v) is 7.92. The molecule has 1 aliphatic heterocycles. The standard InChI is InChI=1S/C33H33FN4O2.C4H10O.C2H6.CH2O2/c1-6-24-21(4)37-33-27(31(24)26-16-28(34)32-25(20(26)3)8-7-13-39-32)17-29(38(33)5)23-10-12-36-30(15-23)40-18-22-9-11-35-19(2)14-22;1-4(2,3)5;1-2;2-1-3/h9-12,14-17H,6-8,13,18H2,1-5H3;5H,1-3H3;1-2H3;1H,(H,2,3). The minimum atomic E-state index is -0.500. The first-order valence-electron chi connectivity index (χ1n) is 17.0. The molecule has 0 amide bonds. The summed E-state index contributed by atoms with van der Waals surface area (Å²) < 4.78 is 29.2. The van der Waals surface area contributed by atoms with Gasteiger partial charge in [0, 0.05) is 53.4 Å². The lowest BCUT2D eigenvalue weighted by molar-refractivity contribution is -0.122. The minimum Gasteiger partial charge on any atom is -0.490 e. The topological polar surface area (TPSA) is 120 Å². The summed E-state index contributed by atoms with van der Waals surface area (Å²) >= 11 is 0. The Morgan fingerprint density at radius 1 is 1.06 bits per heavy atom. The van der Waals surface area contributed by atoms with Crippen molar-refractivity contribution in [2.24, 2.45) is 7.05 Å². The molecule has 5 heterocycles. The second kappa shape index (κ2) is 17.7. The summed E-state index contributed by atoms with van der Waals surface area (Å²) in [7, 11) is 2.02. The van der Waals surface area contributed by atoms with Gasteiger partial charge in [-0.25, -0.2) is 14.4 Å². The van der Waals surface area contributed by atoms with Crippen molar-refractivity contribution in [3.8, 4) is 34.0 Å². The van der Waals surface area contributed by atoms with Gasteiger partial charge in [-0.05, 0) is 119 Å². The Hall–Kier alpha value is -4.83. The van der Waals surface area contributed by atoms with Gasteiger partial charge in [-0.3, -0.25) is 9.78 Å². The maximum absolute atomic E-state index is 15.4. The fourth-order valence-corrected chi connectivity index (χ4v) is 5.92. The molecule has 2 N–H and O–H groups in total. The quantitative estimate of drug-likeness (QED) is 0.170. The number of nitrogens with zero attached hydrogens (tertiary/aromatic N) is 4. The number of benzene rings is 1. The number of aromatic nitrogens is 4. The summed E-state index contributed by atoms with van der Waals surface area (Å²) in [5.74, 6) is 0.660. The zero-order valence-corrected chi connectivity index (χ0v) is 31.0. The van der Waals surface area contributed by atoms with Crippen LogP contribution in [0.25, 0.3) is 33.4 Å². The van der Waals surface area contributed by atoms with E-state index in [2.05, 4.69) is 34.4 Å². The van der Waals surface area contributed by atoms with Gasteiger partial charge in [-0.2, -0.15) is 0 Å². The van der Waals surface area contributed by atoms with Crippen LogP contribution in [0.3, 0.4) is 0 Å². The summed E-state index contributed by atoms with van der Waals surface area (Å²) in [6.45, 7) is 18.2. The van der Waals surface area contributed by atoms with Gasteiger partial charge in [0.25, 0.3) is 6.47 Å². The summed E-state index contributed by atoms with van der Waals surface area (Å²) in [4.78, 5) is 22.1. The van der Waals surface area contributed by atoms with Crippen molar-refractivity contribution in [3.05, 3.63) is 88.3 Å². The molecule has 0 bridgehead atoms. The molecule has 1 aromatic carbocycles. The highest BCUT2D eigenvalue weighted by Gasteiger charge is 2.25. The van der Waals surface area contributed by atoms with Gasteiger partial charge in [-0.15, -0.1) is 0 Å². The molecule has 1 aliphatic rings. The number of hydrogen-bond acceptors (Lipinski definition) is 7. The lowest BCUT2D eigenvalue weighted by Crippen LogP contribution is -2.12. The summed E-state index contributed by atoms with van der Waals surface area (Å²) in [5.41, 5.74) is 10.4. The van der Waals surface area contributed by atoms with Crippen LogP contribution in [-0.2, 0) is 31.3 Å². The predicted octanol–water partition coefficient (Wildman–Crippen LogP) is 8.73. The summed E-state index contributed by atoms with van der Waals surface area (Å²) in [6.07, 6.45) is 6.06. The molecule has 0 spiro atoms. The van der Waals surface area contributed by atoms with E-state index < -0.39 is 5.60 Å². The Bertz CT molecular complexity index is 1910. The van der Waals surface area contributed by atoms with E-state index in [1.165, 1.54) is 0 Å². The van der Waals surface area contributed by atoms with E-state index in [4.69, 9.17) is 29.5 Å². The van der Waals surface area contributed by atoms with Crippen molar-refractivity contribution in [2.45, 2.75) is 93.8 Å². The van der Waals surface area contributed by atoms with Crippen LogP contribution in [0.15, 0.2) is 48.8 Å². The number of aryl methyl sites for hydroxylation is 3. The van der Waals surface area contributed by atoms with E-state index in [1.807, 2.05) is 59.0 Å². The third-order valence-electron chi connectivity index (χ3n) is 7.92. The second-order valence-corrected chi connectivity index (χ2v) is 12.8. The predicted molar refractivity (Wildman–Crippen MR) is 197 cm³/mol. The monoisotopic (exact) mass is 686 g/mol. The van der Waals surface area contributed by atoms with Crippen LogP contribution in [-0.4, -0.2) is 48.4 Å².